The molecule has 1 rings (SSSR count). The molecular formula is C10H15NO2. The summed E-state index contributed by atoms with van der Waals surface area (Å²) in [4.78, 5) is 23.9. The second kappa shape index (κ2) is 4.21. The third kappa shape index (κ3) is 2.41. The first-order valence-corrected chi connectivity index (χ1v) is 4.57. The molecule has 1 heterocycles. The van der Waals surface area contributed by atoms with Crippen molar-refractivity contribution in [3.8, 4) is 0 Å². The van der Waals surface area contributed by atoms with Crippen LogP contribution in [0.1, 0.15) is 19.8 Å². The van der Waals surface area contributed by atoms with Crippen LogP contribution >= 0.6 is 0 Å². The first kappa shape index (κ1) is 9.96. The Balaban J connectivity index is 2.43. The molecule has 0 unspecified atom stereocenters. The summed E-state index contributed by atoms with van der Waals surface area (Å²) < 4.78 is 0. The fourth-order valence-electron chi connectivity index (χ4n) is 1.64. The largest absolute Gasteiger partial charge is 0.339 e. The lowest BCUT2D eigenvalue weighted by Gasteiger charge is -2.29. The van der Waals surface area contributed by atoms with Gasteiger partial charge < -0.3 is 4.90 Å². The van der Waals surface area contributed by atoms with Crippen molar-refractivity contribution >= 4 is 11.7 Å². The highest BCUT2D eigenvalue weighted by Crippen LogP contribution is 2.17. The third-order valence-corrected chi connectivity index (χ3v) is 2.56. The van der Waals surface area contributed by atoms with Gasteiger partial charge in [0.15, 0.2) is 0 Å². The van der Waals surface area contributed by atoms with Gasteiger partial charge in [-0.15, -0.1) is 0 Å². The number of hydrogen-bond donors (Lipinski definition) is 0. The molecule has 0 aromatic rings. The van der Waals surface area contributed by atoms with Gasteiger partial charge in [0.25, 0.3) is 0 Å². The van der Waals surface area contributed by atoms with Gasteiger partial charge in [0, 0.05) is 19.0 Å². The summed E-state index contributed by atoms with van der Waals surface area (Å²) >= 11 is 0. The van der Waals surface area contributed by atoms with E-state index in [0.717, 1.165) is 12.8 Å². The Morgan fingerprint density at radius 3 is 2.31 bits per heavy atom. The fourth-order valence-corrected chi connectivity index (χ4v) is 1.64. The van der Waals surface area contributed by atoms with Gasteiger partial charge in [0.1, 0.15) is 5.78 Å². The van der Waals surface area contributed by atoms with Crippen LogP contribution in [0, 0.1) is 5.92 Å². The Kier molecular flexibility index (Phi) is 3.23. The second-order valence-corrected chi connectivity index (χ2v) is 3.41. The number of likely N-dealkylation sites (tertiary alicyclic amines) is 1. The molecule has 0 saturated carbocycles. The number of carbonyl (C=O) groups is 2. The molecule has 1 amide bonds. The summed E-state index contributed by atoms with van der Waals surface area (Å²) in [6.45, 7) is 6.43. The zero-order valence-electron chi connectivity index (χ0n) is 7.95. The lowest BCUT2D eigenvalue weighted by molar-refractivity contribution is -0.130. The highest BCUT2D eigenvalue weighted by molar-refractivity contribution is 5.87. The second-order valence-electron chi connectivity index (χ2n) is 3.41. The van der Waals surface area contributed by atoms with E-state index in [0.29, 0.717) is 13.1 Å². The molecule has 0 radical (unpaired) electrons. The number of amides is 1. The van der Waals surface area contributed by atoms with Crippen molar-refractivity contribution in [3.05, 3.63) is 12.7 Å². The molecule has 0 bridgehead atoms. The molecule has 0 N–H and O–H groups in total. The molecule has 0 aliphatic carbocycles. The minimum Gasteiger partial charge on any atom is -0.339 e. The Bertz CT molecular complexity index is 227. The van der Waals surface area contributed by atoms with Gasteiger partial charge in [-0.05, 0) is 25.8 Å². The molecule has 0 atom stereocenters. The number of piperidine rings is 1. The van der Waals surface area contributed by atoms with Crippen LogP contribution in [0.2, 0.25) is 0 Å². The van der Waals surface area contributed by atoms with Crippen molar-refractivity contribution in [3.63, 3.8) is 0 Å². The summed E-state index contributed by atoms with van der Waals surface area (Å²) in [5.74, 6) is 0.376. The molecular weight excluding hydrogens is 166 g/mol. The van der Waals surface area contributed by atoms with Crippen LogP contribution in [0.5, 0.6) is 0 Å². The van der Waals surface area contributed by atoms with Crippen LogP contribution in [0.25, 0.3) is 0 Å². The average Bonchev–Trinajstić information content (AvgIpc) is 2.17. The van der Waals surface area contributed by atoms with Crippen molar-refractivity contribution in [2.75, 3.05) is 13.1 Å². The van der Waals surface area contributed by atoms with Crippen LogP contribution in [0.3, 0.4) is 0 Å². The molecule has 72 valence electrons. The van der Waals surface area contributed by atoms with Gasteiger partial charge in [-0.25, -0.2) is 0 Å². The van der Waals surface area contributed by atoms with Gasteiger partial charge in [0.05, 0.1) is 0 Å². The maximum absolute atomic E-state index is 11.2. The Hall–Kier alpha value is -1.12. The smallest absolute Gasteiger partial charge is 0.245 e. The standard InChI is InChI=1S/C10H15NO2/c1-3-10(13)11-6-4-9(5-7-11)8(2)12/h3,9H,1,4-7H2,2H3. The summed E-state index contributed by atoms with van der Waals surface area (Å²) in [6, 6.07) is 0. The maximum Gasteiger partial charge on any atom is 0.245 e. The predicted molar refractivity (Wildman–Crippen MR) is 50.2 cm³/mol. The quantitative estimate of drug-likeness (QED) is 0.596. The zero-order chi connectivity index (χ0) is 9.84. The molecule has 0 aromatic heterocycles. The topological polar surface area (TPSA) is 37.4 Å². The highest BCUT2D eigenvalue weighted by Gasteiger charge is 2.23. The van der Waals surface area contributed by atoms with E-state index >= 15 is 0 Å². The Labute approximate surface area is 78.4 Å². The normalized spacial score (nSPS) is 18.4. The van der Waals surface area contributed by atoms with Crippen LogP contribution in [-0.4, -0.2) is 29.7 Å². The minimum atomic E-state index is -0.0259. The maximum atomic E-state index is 11.2. The highest BCUT2D eigenvalue weighted by atomic mass is 16.2. The van der Waals surface area contributed by atoms with Crippen molar-refractivity contribution in [2.45, 2.75) is 19.8 Å². The average molecular weight is 181 g/mol. The summed E-state index contributed by atoms with van der Waals surface area (Å²) in [6.07, 6.45) is 2.93. The lowest BCUT2D eigenvalue weighted by Crippen LogP contribution is -2.38. The first-order valence-electron chi connectivity index (χ1n) is 4.57. The minimum absolute atomic E-state index is 0.0259. The molecule has 1 aliphatic heterocycles. The van der Waals surface area contributed by atoms with Crippen LogP contribution in [0.15, 0.2) is 12.7 Å². The van der Waals surface area contributed by atoms with Gasteiger partial charge in [0.2, 0.25) is 5.91 Å². The molecule has 1 aliphatic rings. The molecule has 1 fully saturated rings. The van der Waals surface area contributed by atoms with Crippen molar-refractivity contribution in [2.24, 2.45) is 5.92 Å². The van der Waals surface area contributed by atoms with E-state index in [-0.39, 0.29) is 17.6 Å². The van der Waals surface area contributed by atoms with E-state index in [1.54, 1.807) is 11.8 Å². The van der Waals surface area contributed by atoms with Gasteiger partial charge in [-0.2, -0.15) is 0 Å². The predicted octanol–water partition coefficient (Wildman–Crippen LogP) is 1.000. The summed E-state index contributed by atoms with van der Waals surface area (Å²) in [7, 11) is 0. The lowest BCUT2D eigenvalue weighted by atomic mass is 9.93. The number of rotatable bonds is 2. The fraction of sp³-hybridized carbons (Fsp3) is 0.600. The van der Waals surface area contributed by atoms with Crippen LogP contribution < -0.4 is 0 Å². The molecule has 1 saturated heterocycles. The van der Waals surface area contributed by atoms with E-state index < -0.39 is 0 Å². The number of hydrogen-bond acceptors (Lipinski definition) is 2. The molecule has 0 spiro atoms. The SMILES string of the molecule is C=CC(=O)N1CCC(C(C)=O)CC1. The van der Waals surface area contributed by atoms with Crippen molar-refractivity contribution in [1.82, 2.24) is 4.90 Å². The Morgan fingerprint density at radius 1 is 1.38 bits per heavy atom. The number of Topliss-reactive ketones (excluding diaryl/α,β-unsaturated/α-hetero) is 1. The van der Waals surface area contributed by atoms with Crippen molar-refractivity contribution < 1.29 is 9.59 Å². The molecule has 0 aromatic carbocycles. The van der Waals surface area contributed by atoms with E-state index in [9.17, 15) is 9.59 Å². The Morgan fingerprint density at radius 2 is 1.92 bits per heavy atom. The van der Waals surface area contributed by atoms with E-state index in [4.69, 9.17) is 0 Å². The van der Waals surface area contributed by atoms with Gasteiger partial charge >= 0.3 is 0 Å². The molecule has 3 heteroatoms. The van der Waals surface area contributed by atoms with Crippen molar-refractivity contribution in [1.29, 1.82) is 0 Å². The van der Waals surface area contributed by atoms with E-state index in [2.05, 4.69) is 6.58 Å². The molecule has 3 nitrogen and oxygen atoms in total. The first-order chi connectivity index (χ1) is 6.15. The number of ketones is 1. The van der Waals surface area contributed by atoms with Crippen LogP contribution in [-0.2, 0) is 9.59 Å². The monoisotopic (exact) mass is 181 g/mol. The molecule has 13 heavy (non-hydrogen) atoms. The van der Waals surface area contributed by atoms with Gasteiger partial charge in [-0.3, -0.25) is 9.59 Å². The van der Waals surface area contributed by atoms with E-state index in [1.165, 1.54) is 6.08 Å². The zero-order valence-corrected chi connectivity index (χ0v) is 7.95. The van der Waals surface area contributed by atoms with Crippen LogP contribution in [0.4, 0.5) is 0 Å². The van der Waals surface area contributed by atoms with Gasteiger partial charge in [-0.1, -0.05) is 6.58 Å². The number of carbonyl (C=O) groups excluding carboxylic acids is 2. The summed E-state index contributed by atoms with van der Waals surface area (Å²) in [5, 5.41) is 0. The summed E-state index contributed by atoms with van der Waals surface area (Å²) in [5.41, 5.74) is 0. The third-order valence-electron chi connectivity index (χ3n) is 2.56. The van der Waals surface area contributed by atoms with E-state index in [1.807, 2.05) is 0 Å². The number of nitrogens with zero attached hydrogens (tertiary/aromatic N) is 1.